The van der Waals surface area contributed by atoms with Gasteiger partial charge in [0.2, 0.25) is 5.91 Å². The van der Waals surface area contributed by atoms with Crippen LogP contribution in [0.5, 0.6) is 0 Å². The normalized spacial score (nSPS) is 10.8. The molecule has 0 aliphatic heterocycles. The number of methoxy groups -OCH3 is 1. The summed E-state index contributed by atoms with van der Waals surface area (Å²) in [5, 5.41) is 6.23. The molecule has 3 rings (SSSR count). The fourth-order valence-corrected chi connectivity index (χ4v) is 3.30. The number of rotatable bonds is 9. The second-order valence-corrected chi connectivity index (χ2v) is 7.28. The molecule has 0 fully saturated rings. The van der Waals surface area contributed by atoms with Gasteiger partial charge in [0.1, 0.15) is 5.82 Å². The molecule has 0 radical (unpaired) electrons. The zero-order valence-electron chi connectivity index (χ0n) is 17.0. The van der Waals surface area contributed by atoms with Gasteiger partial charge in [-0.1, -0.05) is 23.7 Å². The average molecular weight is 443 g/mol. The molecule has 9 heteroatoms. The first-order chi connectivity index (χ1) is 15.0. The molecule has 0 bridgehead atoms. The van der Waals surface area contributed by atoms with Crippen LogP contribution in [0.2, 0.25) is 5.02 Å². The Kier molecular flexibility index (Phi) is 7.75. The van der Waals surface area contributed by atoms with E-state index in [1.54, 1.807) is 37.4 Å². The number of nitrogens with one attached hydrogen (secondary N) is 3. The van der Waals surface area contributed by atoms with E-state index in [0.29, 0.717) is 54.0 Å². The van der Waals surface area contributed by atoms with Crippen LogP contribution in [-0.4, -0.2) is 42.0 Å². The van der Waals surface area contributed by atoms with Crippen molar-refractivity contribution in [1.82, 2.24) is 15.3 Å². The van der Waals surface area contributed by atoms with E-state index in [0.717, 1.165) is 0 Å². The SMILES string of the molecule is COCCNC(=O)c1ccc(NC(=O)CCCc2nc3ccccc3c(=O)[nH]2)cc1Cl. The highest BCUT2D eigenvalue weighted by atomic mass is 35.5. The van der Waals surface area contributed by atoms with Crippen molar-refractivity contribution < 1.29 is 14.3 Å². The van der Waals surface area contributed by atoms with Gasteiger partial charge >= 0.3 is 0 Å². The molecule has 2 amide bonds. The first-order valence-electron chi connectivity index (χ1n) is 9.82. The highest BCUT2D eigenvalue weighted by molar-refractivity contribution is 6.34. The van der Waals surface area contributed by atoms with E-state index in [9.17, 15) is 14.4 Å². The largest absolute Gasteiger partial charge is 0.383 e. The van der Waals surface area contributed by atoms with Crippen LogP contribution in [0, 0.1) is 0 Å². The van der Waals surface area contributed by atoms with Crippen molar-refractivity contribution in [2.45, 2.75) is 19.3 Å². The van der Waals surface area contributed by atoms with Crippen molar-refractivity contribution in [3.8, 4) is 0 Å². The number of anilines is 1. The minimum Gasteiger partial charge on any atom is -0.383 e. The molecular weight excluding hydrogens is 420 g/mol. The Hall–Kier alpha value is -3.23. The van der Waals surface area contributed by atoms with Crippen LogP contribution in [-0.2, 0) is 16.0 Å². The van der Waals surface area contributed by atoms with Gasteiger partial charge in [-0.05, 0) is 36.8 Å². The van der Waals surface area contributed by atoms with E-state index in [1.165, 1.54) is 6.07 Å². The van der Waals surface area contributed by atoms with E-state index < -0.39 is 0 Å². The fraction of sp³-hybridized carbons (Fsp3) is 0.273. The summed E-state index contributed by atoms with van der Waals surface area (Å²) in [7, 11) is 1.55. The van der Waals surface area contributed by atoms with E-state index in [-0.39, 0.29) is 28.8 Å². The van der Waals surface area contributed by atoms with Crippen LogP contribution < -0.4 is 16.2 Å². The van der Waals surface area contributed by atoms with Crippen molar-refractivity contribution in [3.05, 3.63) is 69.2 Å². The number of ether oxygens (including phenoxy) is 1. The third-order valence-electron chi connectivity index (χ3n) is 4.57. The first kappa shape index (κ1) is 22.5. The molecule has 162 valence electrons. The Bertz CT molecular complexity index is 1150. The van der Waals surface area contributed by atoms with E-state index >= 15 is 0 Å². The predicted octanol–water partition coefficient (Wildman–Crippen LogP) is 2.91. The minimum atomic E-state index is -0.309. The van der Waals surface area contributed by atoms with Crippen molar-refractivity contribution in [2.75, 3.05) is 25.6 Å². The number of aryl methyl sites for hydroxylation is 1. The van der Waals surface area contributed by atoms with E-state index in [4.69, 9.17) is 16.3 Å². The molecule has 0 saturated heterocycles. The Morgan fingerprint density at radius 2 is 2.00 bits per heavy atom. The number of nitrogens with zero attached hydrogens (tertiary/aromatic N) is 1. The van der Waals surface area contributed by atoms with Crippen molar-refractivity contribution in [2.24, 2.45) is 0 Å². The number of aromatic nitrogens is 2. The standard InChI is InChI=1S/C22H23ClN4O4/c1-31-12-11-24-21(29)15-10-9-14(13-17(15)23)25-20(28)8-4-7-19-26-18-6-3-2-5-16(18)22(30)27-19/h2-3,5-6,9-10,13H,4,7-8,11-12H2,1H3,(H,24,29)(H,25,28)(H,26,27,30). The highest BCUT2D eigenvalue weighted by Gasteiger charge is 2.12. The Morgan fingerprint density at radius 1 is 1.19 bits per heavy atom. The molecule has 3 N–H and O–H groups in total. The van der Waals surface area contributed by atoms with Gasteiger partial charge in [-0.25, -0.2) is 4.98 Å². The monoisotopic (exact) mass is 442 g/mol. The molecule has 0 atom stereocenters. The van der Waals surface area contributed by atoms with Gasteiger partial charge in [-0.3, -0.25) is 14.4 Å². The second-order valence-electron chi connectivity index (χ2n) is 6.87. The highest BCUT2D eigenvalue weighted by Crippen LogP contribution is 2.21. The Labute approximate surface area is 184 Å². The quantitative estimate of drug-likeness (QED) is 0.441. The maximum absolute atomic E-state index is 12.2. The number of halogens is 1. The number of amides is 2. The maximum atomic E-state index is 12.2. The molecule has 2 aromatic carbocycles. The lowest BCUT2D eigenvalue weighted by Gasteiger charge is -2.09. The van der Waals surface area contributed by atoms with Gasteiger partial charge < -0.3 is 20.4 Å². The summed E-state index contributed by atoms with van der Waals surface area (Å²) in [6.45, 7) is 0.779. The van der Waals surface area contributed by atoms with Gasteiger partial charge in [-0.2, -0.15) is 0 Å². The van der Waals surface area contributed by atoms with Crippen LogP contribution in [0.25, 0.3) is 10.9 Å². The van der Waals surface area contributed by atoms with Crippen LogP contribution in [0.3, 0.4) is 0 Å². The fourth-order valence-electron chi connectivity index (χ4n) is 3.03. The van der Waals surface area contributed by atoms with Gasteiger partial charge in [-0.15, -0.1) is 0 Å². The first-order valence-corrected chi connectivity index (χ1v) is 10.2. The molecule has 0 aliphatic rings. The molecule has 3 aromatic rings. The average Bonchev–Trinajstić information content (AvgIpc) is 2.74. The zero-order valence-corrected chi connectivity index (χ0v) is 17.8. The van der Waals surface area contributed by atoms with E-state index in [2.05, 4.69) is 20.6 Å². The van der Waals surface area contributed by atoms with Crippen LogP contribution >= 0.6 is 11.6 Å². The summed E-state index contributed by atoms with van der Waals surface area (Å²) < 4.78 is 4.89. The Morgan fingerprint density at radius 3 is 2.77 bits per heavy atom. The molecule has 0 aliphatic carbocycles. The molecule has 8 nitrogen and oxygen atoms in total. The number of fused-ring (bicyclic) bond motifs is 1. The summed E-state index contributed by atoms with van der Waals surface area (Å²) >= 11 is 6.18. The van der Waals surface area contributed by atoms with Crippen molar-refractivity contribution in [3.63, 3.8) is 0 Å². The van der Waals surface area contributed by atoms with Gasteiger partial charge in [0.15, 0.2) is 0 Å². The lowest BCUT2D eigenvalue weighted by molar-refractivity contribution is -0.116. The summed E-state index contributed by atoms with van der Waals surface area (Å²) in [5.74, 6) is 0.0386. The Balaban J connectivity index is 1.52. The van der Waals surface area contributed by atoms with Gasteiger partial charge in [0.25, 0.3) is 11.5 Å². The van der Waals surface area contributed by atoms with E-state index in [1.807, 2.05) is 6.07 Å². The minimum absolute atomic E-state index is 0.189. The number of carbonyl (C=O) groups excluding carboxylic acids is 2. The van der Waals surface area contributed by atoms with Gasteiger partial charge in [0, 0.05) is 32.2 Å². The second kappa shape index (κ2) is 10.7. The molecule has 0 unspecified atom stereocenters. The van der Waals surface area contributed by atoms with Crippen molar-refractivity contribution >= 4 is 40.0 Å². The smallest absolute Gasteiger partial charge is 0.258 e. The molecule has 1 aromatic heterocycles. The number of hydrogen-bond acceptors (Lipinski definition) is 5. The van der Waals surface area contributed by atoms with Crippen molar-refractivity contribution in [1.29, 1.82) is 0 Å². The summed E-state index contributed by atoms with van der Waals surface area (Å²) in [4.78, 5) is 43.6. The topological polar surface area (TPSA) is 113 Å². The maximum Gasteiger partial charge on any atom is 0.258 e. The number of hydrogen-bond donors (Lipinski definition) is 3. The molecule has 1 heterocycles. The molecule has 0 saturated carbocycles. The summed E-state index contributed by atoms with van der Waals surface area (Å²) in [6, 6.07) is 11.8. The number of para-hydroxylation sites is 1. The van der Waals surface area contributed by atoms with Crippen LogP contribution in [0.15, 0.2) is 47.3 Å². The zero-order chi connectivity index (χ0) is 22.2. The van der Waals surface area contributed by atoms with Gasteiger partial charge in [0.05, 0.1) is 28.1 Å². The lowest BCUT2D eigenvalue weighted by Crippen LogP contribution is -2.27. The number of carbonyl (C=O) groups is 2. The summed E-state index contributed by atoms with van der Waals surface area (Å²) in [6.07, 6.45) is 1.23. The summed E-state index contributed by atoms with van der Waals surface area (Å²) in [5.41, 5.74) is 1.26. The van der Waals surface area contributed by atoms with Crippen LogP contribution in [0.1, 0.15) is 29.0 Å². The van der Waals surface area contributed by atoms with Crippen LogP contribution in [0.4, 0.5) is 5.69 Å². The third kappa shape index (κ3) is 6.13. The lowest BCUT2D eigenvalue weighted by atomic mass is 10.1. The molecule has 31 heavy (non-hydrogen) atoms. The molecule has 0 spiro atoms. The number of aromatic amines is 1. The number of benzene rings is 2. The predicted molar refractivity (Wildman–Crippen MR) is 120 cm³/mol. The number of H-pyrrole nitrogens is 1. The third-order valence-corrected chi connectivity index (χ3v) is 4.88. The molecular formula is C22H23ClN4O4.